The predicted molar refractivity (Wildman–Crippen MR) is 332 cm³/mol. The Bertz CT molecular complexity index is 4520. The maximum absolute atomic E-state index is 2.62. The molecule has 2 spiro atoms. The lowest BCUT2D eigenvalue weighted by Crippen LogP contribution is -2.28. The average molecular weight is 993 g/mol. The maximum Gasteiger partial charge on any atom is 0.0215 e. The summed E-state index contributed by atoms with van der Waals surface area (Å²) < 4.78 is 0. The van der Waals surface area contributed by atoms with Crippen molar-refractivity contribution in [2.45, 2.75) is 75.0 Å². The standard InChI is InChI=1S/C78H56/c1-5-39-77(40-6-1)69-43-53(25-31-63(69)65-33-27-55(45-71(65)77)59-29-21-51-19-17-47-11-9-13-49-23-35-67(59)75(51)73(47)49)57-37-38-58(62-16-4-3-15-61(57)62)54-26-32-64-66-34-28-56(46-72(66)78(70(64)44-54)41-7-2-8-42-78)60-30-22-52-20-18-48-12-10-14-50-24-36-68(60)76(52)74(48)50/h3-4,9-38,43-46H,1-2,5-8,39-42H2. The van der Waals surface area contributed by atoms with Gasteiger partial charge in [-0.15, -0.1) is 0 Å². The van der Waals surface area contributed by atoms with Crippen LogP contribution in [-0.2, 0) is 10.8 Å². The summed E-state index contributed by atoms with van der Waals surface area (Å²) >= 11 is 0. The van der Waals surface area contributed by atoms with E-state index in [1.165, 1.54) is 229 Å². The summed E-state index contributed by atoms with van der Waals surface area (Å²) in [5.74, 6) is 0. The van der Waals surface area contributed by atoms with E-state index >= 15 is 0 Å². The number of rotatable bonds is 4. The van der Waals surface area contributed by atoms with Crippen molar-refractivity contribution >= 4 is 75.4 Å². The van der Waals surface area contributed by atoms with E-state index in [0.29, 0.717) is 0 Å². The summed E-state index contributed by atoms with van der Waals surface area (Å²) in [6.07, 6.45) is 12.5. The van der Waals surface area contributed by atoms with E-state index < -0.39 is 0 Å². The van der Waals surface area contributed by atoms with Crippen molar-refractivity contribution in [1.29, 1.82) is 0 Å². The van der Waals surface area contributed by atoms with Crippen LogP contribution in [0.1, 0.15) is 86.5 Å². The van der Waals surface area contributed by atoms with E-state index in [4.69, 9.17) is 0 Å². The molecule has 4 aliphatic carbocycles. The molecule has 2 saturated carbocycles. The first-order chi connectivity index (χ1) is 38.6. The third-order valence-corrected chi connectivity index (χ3v) is 20.4. The molecule has 0 radical (unpaired) electrons. The molecule has 18 rings (SSSR count). The van der Waals surface area contributed by atoms with Gasteiger partial charge in [0.1, 0.15) is 0 Å². The molecule has 0 bridgehead atoms. The molecule has 0 aromatic heterocycles. The molecule has 14 aromatic carbocycles. The monoisotopic (exact) mass is 992 g/mol. The number of fused-ring (bicyclic) bond motifs is 11. The first-order valence-corrected chi connectivity index (χ1v) is 29.1. The molecule has 0 N–H and O–H groups in total. The lowest BCUT2D eigenvalue weighted by atomic mass is 9.67. The lowest BCUT2D eigenvalue weighted by Gasteiger charge is -2.36. The first-order valence-electron chi connectivity index (χ1n) is 29.1. The highest BCUT2D eigenvalue weighted by molar-refractivity contribution is 6.27. The van der Waals surface area contributed by atoms with Gasteiger partial charge in [-0.25, -0.2) is 0 Å². The SMILES string of the molecule is c1cc2ccc3ccc(-c4ccc5c(c4)C4(CCCCC4)c4cc(-c6ccc(-c7ccc8c(c7)C7(CCCCC7)c7cc(-c9ccc%10ccc%11cccc%12ccc9c%10c%11%12)ccc7-8)c7ccccc67)ccc4-5)c4ccc(c1)c2c34. The van der Waals surface area contributed by atoms with Crippen LogP contribution in [0, 0.1) is 0 Å². The molecule has 0 amide bonds. The molecule has 4 aliphatic rings. The van der Waals surface area contributed by atoms with Crippen molar-refractivity contribution < 1.29 is 0 Å². The maximum atomic E-state index is 2.62. The number of hydrogen-bond acceptors (Lipinski definition) is 0. The van der Waals surface area contributed by atoms with Gasteiger partial charge >= 0.3 is 0 Å². The van der Waals surface area contributed by atoms with E-state index in [9.17, 15) is 0 Å². The molecule has 0 heteroatoms. The average Bonchev–Trinajstić information content (AvgIpc) is 4.08. The second-order valence-electron chi connectivity index (χ2n) is 24.0. The zero-order valence-electron chi connectivity index (χ0n) is 43.9. The Hall–Kier alpha value is -8.58. The van der Waals surface area contributed by atoms with Gasteiger partial charge in [-0.1, -0.05) is 233 Å². The smallest absolute Gasteiger partial charge is 0.0215 e. The Morgan fingerprint density at radius 2 is 0.487 bits per heavy atom. The van der Waals surface area contributed by atoms with Gasteiger partial charge in [-0.3, -0.25) is 0 Å². The van der Waals surface area contributed by atoms with Crippen LogP contribution in [0.3, 0.4) is 0 Å². The summed E-state index contributed by atoms with van der Waals surface area (Å²) in [6, 6.07) is 85.7. The third-order valence-electron chi connectivity index (χ3n) is 20.4. The lowest BCUT2D eigenvalue weighted by molar-refractivity contribution is 0.353. The molecule has 0 saturated heterocycles. The van der Waals surface area contributed by atoms with Crippen LogP contribution in [0.15, 0.2) is 218 Å². The van der Waals surface area contributed by atoms with Gasteiger partial charge in [0.2, 0.25) is 0 Å². The highest BCUT2D eigenvalue weighted by Crippen LogP contribution is 2.60. The molecule has 0 heterocycles. The molecule has 368 valence electrons. The predicted octanol–water partition coefficient (Wildman–Crippen LogP) is 21.8. The summed E-state index contributed by atoms with van der Waals surface area (Å²) in [4.78, 5) is 0. The van der Waals surface area contributed by atoms with Crippen LogP contribution in [0.25, 0.3) is 142 Å². The van der Waals surface area contributed by atoms with Crippen LogP contribution in [0.2, 0.25) is 0 Å². The highest BCUT2D eigenvalue weighted by atomic mass is 14.5. The molecule has 78 heavy (non-hydrogen) atoms. The summed E-state index contributed by atoms with van der Waals surface area (Å²) in [5, 5.41) is 18.8. The molecule has 0 nitrogen and oxygen atoms in total. The minimum Gasteiger partial charge on any atom is -0.0616 e. The van der Waals surface area contributed by atoms with Gasteiger partial charge in [0.25, 0.3) is 0 Å². The van der Waals surface area contributed by atoms with E-state index in [1.807, 2.05) is 0 Å². The van der Waals surface area contributed by atoms with Gasteiger partial charge < -0.3 is 0 Å². The normalized spacial score (nSPS) is 16.2. The van der Waals surface area contributed by atoms with E-state index in [0.717, 1.165) is 0 Å². The van der Waals surface area contributed by atoms with Crippen molar-refractivity contribution in [2.24, 2.45) is 0 Å². The summed E-state index contributed by atoms with van der Waals surface area (Å²) in [6.45, 7) is 0. The minimum atomic E-state index is 0.00818. The fraction of sp³-hybridized carbons (Fsp3) is 0.154. The second kappa shape index (κ2) is 16.0. The molecular formula is C78H56. The van der Waals surface area contributed by atoms with Gasteiger partial charge in [0.05, 0.1) is 0 Å². The van der Waals surface area contributed by atoms with Crippen LogP contribution in [-0.4, -0.2) is 0 Å². The molecule has 0 atom stereocenters. The summed E-state index contributed by atoms with van der Waals surface area (Å²) in [7, 11) is 0. The van der Waals surface area contributed by atoms with Gasteiger partial charge in [0, 0.05) is 10.8 Å². The van der Waals surface area contributed by atoms with Crippen molar-refractivity contribution in [3.8, 4) is 66.8 Å². The molecule has 0 aliphatic heterocycles. The molecule has 14 aromatic rings. The topological polar surface area (TPSA) is 0 Å². The fourth-order valence-electron chi connectivity index (χ4n) is 16.8. The minimum absolute atomic E-state index is 0.00818. The zero-order chi connectivity index (χ0) is 50.8. The van der Waals surface area contributed by atoms with E-state index in [-0.39, 0.29) is 10.8 Å². The Labute approximate surface area is 455 Å². The number of benzene rings is 14. The van der Waals surface area contributed by atoms with E-state index in [2.05, 4.69) is 218 Å². The van der Waals surface area contributed by atoms with Gasteiger partial charge in [-0.05, 0) is 214 Å². The quantitative estimate of drug-likeness (QED) is 0.154. The van der Waals surface area contributed by atoms with Crippen LogP contribution < -0.4 is 0 Å². The zero-order valence-corrected chi connectivity index (χ0v) is 43.9. The second-order valence-corrected chi connectivity index (χ2v) is 24.0. The van der Waals surface area contributed by atoms with Crippen LogP contribution >= 0.6 is 0 Å². The van der Waals surface area contributed by atoms with Gasteiger partial charge in [-0.2, -0.15) is 0 Å². The van der Waals surface area contributed by atoms with Crippen molar-refractivity contribution in [3.63, 3.8) is 0 Å². The molecule has 2 fully saturated rings. The Morgan fingerprint density at radius 3 is 0.846 bits per heavy atom. The van der Waals surface area contributed by atoms with Crippen molar-refractivity contribution in [3.05, 3.63) is 241 Å². The molecule has 0 unspecified atom stereocenters. The van der Waals surface area contributed by atoms with Crippen molar-refractivity contribution in [2.75, 3.05) is 0 Å². The number of hydrogen-bond donors (Lipinski definition) is 0. The van der Waals surface area contributed by atoms with Crippen LogP contribution in [0.5, 0.6) is 0 Å². The Morgan fingerprint density at radius 1 is 0.205 bits per heavy atom. The fourth-order valence-corrected chi connectivity index (χ4v) is 16.8. The van der Waals surface area contributed by atoms with E-state index in [1.54, 1.807) is 0 Å². The highest BCUT2D eigenvalue weighted by Gasteiger charge is 2.46. The third kappa shape index (κ3) is 5.85. The van der Waals surface area contributed by atoms with Crippen molar-refractivity contribution in [1.82, 2.24) is 0 Å². The summed E-state index contributed by atoms with van der Waals surface area (Å²) in [5.41, 5.74) is 22.5. The molecular weight excluding hydrogens is 937 g/mol. The Balaban J connectivity index is 0.729. The Kier molecular flexibility index (Phi) is 8.93. The largest absolute Gasteiger partial charge is 0.0616 e. The first kappa shape index (κ1) is 43.5. The van der Waals surface area contributed by atoms with Gasteiger partial charge in [0.15, 0.2) is 0 Å². The van der Waals surface area contributed by atoms with Crippen LogP contribution in [0.4, 0.5) is 0 Å².